The van der Waals surface area contributed by atoms with Crippen molar-refractivity contribution in [3.63, 3.8) is 0 Å². The molecule has 114 valence electrons. The second kappa shape index (κ2) is 6.64. The van der Waals surface area contributed by atoms with E-state index in [-0.39, 0.29) is 0 Å². The Morgan fingerprint density at radius 1 is 1.25 bits per heavy atom. The quantitative estimate of drug-likeness (QED) is 0.849. The molecule has 1 aliphatic rings. The molecule has 0 atom stereocenters. The van der Waals surface area contributed by atoms with E-state index in [1.807, 2.05) is 0 Å². The lowest BCUT2D eigenvalue weighted by atomic mass is 9.81. The Bertz CT molecular complexity index is 426. The van der Waals surface area contributed by atoms with E-state index in [0.29, 0.717) is 11.8 Å². The molecule has 2 N–H and O–H groups in total. The van der Waals surface area contributed by atoms with Crippen LogP contribution in [-0.2, 0) is 6.54 Å². The summed E-state index contributed by atoms with van der Waals surface area (Å²) in [6, 6.07) is 0. The van der Waals surface area contributed by atoms with Crippen molar-refractivity contribution in [2.24, 2.45) is 5.92 Å². The summed E-state index contributed by atoms with van der Waals surface area (Å²) in [5, 5.41) is 0. The van der Waals surface area contributed by atoms with Crippen LogP contribution in [0.15, 0.2) is 0 Å². The van der Waals surface area contributed by atoms with E-state index < -0.39 is 0 Å². The van der Waals surface area contributed by atoms with Crippen LogP contribution in [0.2, 0.25) is 0 Å². The average Bonchev–Trinajstić information content (AvgIpc) is 2.75. The molecular weight excluding hydrogens is 246 g/mol. The molecule has 0 amide bonds. The van der Waals surface area contributed by atoms with Crippen molar-refractivity contribution in [3.8, 4) is 0 Å². The predicted octanol–water partition coefficient (Wildman–Crippen LogP) is 4.68. The molecule has 0 bridgehead atoms. The molecule has 0 aromatic carbocycles. The number of nitrogens with two attached hydrogens (primary N) is 1. The van der Waals surface area contributed by atoms with Crippen molar-refractivity contribution in [1.29, 1.82) is 0 Å². The zero-order valence-electron chi connectivity index (χ0n) is 13.7. The highest BCUT2D eigenvalue weighted by molar-refractivity contribution is 5.41. The maximum Gasteiger partial charge on any atom is 0.127 e. The van der Waals surface area contributed by atoms with Crippen LogP contribution in [0.25, 0.3) is 0 Å². The van der Waals surface area contributed by atoms with Crippen LogP contribution in [-0.4, -0.2) is 9.55 Å². The minimum atomic E-state index is 0.449. The van der Waals surface area contributed by atoms with Gasteiger partial charge in [-0.1, -0.05) is 47.0 Å². The van der Waals surface area contributed by atoms with Crippen molar-refractivity contribution >= 4 is 5.82 Å². The van der Waals surface area contributed by atoms with Crippen LogP contribution in [0, 0.1) is 5.92 Å². The Kier molecular flexibility index (Phi) is 5.11. The van der Waals surface area contributed by atoms with Gasteiger partial charge >= 0.3 is 0 Å². The van der Waals surface area contributed by atoms with Gasteiger partial charge < -0.3 is 10.3 Å². The molecule has 3 heteroatoms. The molecule has 3 nitrogen and oxygen atoms in total. The third-order valence-electron chi connectivity index (χ3n) is 4.72. The maximum atomic E-state index is 6.45. The highest BCUT2D eigenvalue weighted by Gasteiger charge is 2.26. The van der Waals surface area contributed by atoms with Gasteiger partial charge in [-0.05, 0) is 25.2 Å². The van der Waals surface area contributed by atoms with Crippen LogP contribution in [0.5, 0.6) is 0 Å². The molecule has 1 aromatic heterocycles. The van der Waals surface area contributed by atoms with Gasteiger partial charge in [-0.3, -0.25) is 0 Å². The topological polar surface area (TPSA) is 43.8 Å². The molecular formula is C17H31N3. The molecule has 1 heterocycles. The molecule has 1 aromatic rings. The zero-order chi connectivity index (χ0) is 14.7. The van der Waals surface area contributed by atoms with E-state index in [4.69, 9.17) is 10.7 Å². The molecule has 1 fully saturated rings. The first-order valence-electron chi connectivity index (χ1n) is 8.40. The monoisotopic (exact) mass is 277 g/mol. The van der Waals surface area contributed by atoms with E-state index in [1.165, 1.54) is 50.0 Å². The third kappa shape index (κ3) is 3.18. The van der Waals surface area contributed by atoms with E-state index in [0.717, 1.165) is 18.3 Å². The molecule has 1 saturated carbocycles. The number of unbranched alkanes of at least 4 members (excludes halogenated alkanes) is 1. The molecule has 0 radical (unpaired) electrons. The fraction of sp³-hybridized carbons (Fsp3) is 0.824. The number of anilines is 1. The molecule has 1 aliphatic carbocycles. The Hall–Kier alpha value is -0.990. The fourth-order valence-electron chi connectivity index (χ4n) is 3.33. The van der Waals surface area contributed by atoms with Crippen LogP contribution in [0.3, 0.4) is 0 Å². The Balaban J connectivity index is 2.24. The second-order valence-electron chi connectivity index (χ2n) is 6.86. The Morgan fingerprint density at radius 3 is 2.45 bits per heavy atom. The standard InChI is InChI=1S/C17H31N3/c1-5-6-11-20-16(18)15(19-17(20)12(2)3)14-9-7-13(4)8-10-14/h12-14H,5-11,18H2,1-4H3. The Morgan fingerprint density at radius 2 is 1.90 bits per heavy atom. The largest absolute Gasteiger partial charge is 0.384 e. The lowest BCUT2D eigenvalue weighted by molar-refractivity contribution is 0.345. The summed E-state index contributed by atoms with van der Waals surface area (Å²) < 4.78 is 2.28. The summed E-state index contributed by atoms with van der Waals surface area (Å²) in [5.41, 5.74) is 7.64. The number of nitrogens with zero attached hydrogens (tertiary/aromatic N) is 2. The lowest BCUT2D eigenvalue weighted by Crippen LogP contribution is -2.13. The summed E-state index contributed by atoms with van der Waals surface area (Å²) in [6.45, 7) is 10.0. The van der Waals surface area contributed by atoms with Gasteiger partial charge in [-0.15, -0.1) is 0 Å². The van der Waals surface area contributed by atoms with Gasteiger partial charge in [-0.25, -0.2) is 4.98 Å². The molecule has 0 spiro atoms. The number of imidazole rings is 1. The highest BCUT2D eigenvalue weighted by atomic mass is 15.1. The molecule has 2 rings (SSSR count). The van der Waals surface area contributed by atoms with Crippen LogP contribution >= 0.6 is 0 Å². The minimum Gasteiger partial charge on any atom is -0.384 e. The summed E-state index contributed by atoms with van der Waals surface area (Å²) in [5.74, 6) is 4.04. The minimum absolute atomic E-state index is 0.449. The summed E-state index contributed by atoms with van der Waals surface area (Å²) in [7, 11) is 0. The number of hydrogen-bond donors (Lipinski definition) is 1. The first-order chi connectivity index (χ1) is 9.54. The van der Waals surface area contributed by atoms with Gasteiger partial charge in [-0.2, -0.15) is 0 Å². The van der Waals surface area contributed by atoms with Gasteiger partial charge in [0.2, 0.25) is 0 Å². The van der Waals surface area contributed by atoms with Crippen molar-refractivity contribution < 1.29 is 0 Å². The van der Waals surface area contributed by atoms with E-state index in [2.05, 4.69) is 32.3 Å². The average molecular weight is 277 g/mol. The zero-order valence-corrected chi connectivity index (χ0v) is 13.7. The number of aromatic nitrogens is 2. The van der Waals surface area contributed by atoms with Crippen LogP contribution < -0.4 is 5.73 Å². The summed E-state index contributed by atoms with van der Waals surface area (Å²) in [4.78, 5) is 4.95. The van der Waals surface area contributed by atoms with Gasteiger partial charge in [0.25, 0.3) is 0 Å². The second-order valence-corrected chi connectivity index (χ2v) is 6.86. The smallest absolute Gasteiger partial charge is 0.127 e. The summed E-state index contributed by atoms with van der Waals surface area (Å²) >= 11 is 0. The van der Waals surface area contributed by atoms with Crippen molar-refractivity contribution in [2.75, 3.05) is 5.73 Å². The van der Waals surface area contributed by atoms with Crippen LogP contribution in [0.1, 0.15) is 89.6 Å². The maximum absolute atomic E-state index is 6.45. The van der Waals surface area contributed by atoms with Gasteiger partial charge in [0.15, 0.2) is 0 Å². The van der Waals surface area contributed by atoms with Gasteiger partial charge in [0.05, 0.1) is 5.69 Å². The first-order valence-corrected chi connectivity index (χ1v) is 8.40. The Labute approximate surface area is 124 Å². The van der Waals surface area contributed by atoms with Gasteiger partial charge in [0.1, 0.15) is 11.6 Å². The predicted molar refractivity (Wildman–Crippen MR) is 86.0 cm³/mol. The summed E-state index contributed by atoms with van der Waals surface area (Å²) in [6.07, 6.45) is 7.54. The van der Waals surface area contributed by atoms with Crippen LogP contribution in [0.4, 0.5) is 5.82 Å². The van der Waals surface area contributed by atoms with E-state index >= 15 is 0 Å². The first kappa shape index (κ1) is 15.4. The van der Waals surface area contributed by atoms with Crippen molar-refractivity contribution in [3.05, 3.63) is 11.5 Å². The van der Waals surface area contributed by atoms with Gasteiger partial charge in [0, 0.05) is 18.4 Å². The molecule has 0 saturated heterocycles. The number of hydrogen-bond acceptors (Lipinski definition) is 2. The molecule has 20 heavy (non-hydrogen) atoms. The SMILES string of the molecule is CCCCn1c(C(C)C)nc(C2CCC(C)CC2)c1N. The number of rotatable bonds is 5. The van der Waals surface area contributed by atoms with Crippen molar-refractivity contribution in [1.82, 2.24) is 9.55 Å². The molecule has 0 aliphatic heterocycles. The third-order valence-corrected chi connectivity index (χ3v) is 4.72. The number of nitrogen functional groups attached to an aromatic ring is 1. The highest BCUT2D eigenvalue weighted by Crippen LogP contribution is 2.38. The normalized spacial score (nSPS) is 23.4. The van der Waals surface area contributed by atoms with E-state index in [9.17, 15) is 0 Å². The van der Waals surface area contributed by atoms with Crippen molar-refractivity contribution in [2.45, 2.75) is 84.6 Å². The van der Waals surface area contributed by atoms with E-state index in [1.54, 1.807) is 0 Å². The fourth-order valence-corrected chi connectivity index (χ4v) is 3.33. The lowest BCUT2D eigenvalue weighted by Gasteiger charge is -2.25. The molecule has 0 unspecified atom stereocenters.